The average molecular weight is 248 g/mol. The number of carbonyl (C=O) groups is 1. The van der Waals surface area contributed by atoms with Crippen LogP contribution in [0, 0.1) is 0 Å². The summed E-state index contributed by atoms with van der Waals surface area (Å²) in [4.78, 5) is 20.7. The monoisotopic (exact) mass is 248 g/mol. The highest BCUT2D eigenvalue weighted by atomic mass is 17.2. The number of ether oxygens (including phenoxy) is 2. The fourth-order valence-electron chi connectivity index (χ4n) is 1.95. The SMILES string of the molecule is CC(=O)OC1=C(C2COO2)Oc2ccccc2C1. The lowest BCUT2D eigenvalue weighted by atomic mass is 10.0. The van der Waals surface area contributed by atoms with Gasteiger partial charge in [0.05, 0.1) is 0 Å². The summed E-state index contributed by atoms with van der Waals surface area (Å²) < 4.78 is 10.9. The van der Waals surface area contributed by atoms with Gasteiger partial charge in [0.25, 0.3) is 0 Å². The fourth-order valence-corrected chi connectivity index (χ4v) is 1.95. The Morgan fingerprint density at radius 3 is 2.83 bits per heavy atom. The Hall–Kier alpha value is -1.85. The van der Waals surface area contributed by atoms with Crippen LogP contribution in [0.25, 0.3) is 0 Å². The van der Waals surface area contributed by atoms with Gasteiger partial charge < -0.3 is 9.47 Å². The molecule has 18 heavy (non-hydrogen) atoms. The van der Waals surface area contributed by atoms with Crippen molar-refractivity contribution in [1.29, 1.82) is 0 Å². The molecule has 0 bridgehead atoms. The molecule has 0 N–H and O–H groups in total. The first-order valence-corrected chi connectivity index (χ1v) is 5.69. The van der Waals surface area contributed by atoms with E-state index >= 15 is 0 Å². The summed E-state index contributed by atoms with van der Waals surface area (Å²) in [6, 6.07) is 7.63. The van der Waals surface area contributed by atoms with Crippen molar-refractivity contribution in [2.45, 2.75) is 19.4 Å². The Kier molecular flexibility index (Phi) is 2.77. The van der Waals surface area contributed by atoms with Gasteiger partial charge in [0, 0.05) is 18.9 Å². The number of hydrogen-bond donors (Lipinski definition) is 0. The maximum Gasteiger partial charge on any atom is 0.307 e. The molecule has 1 atom stereocenters. The van der Waals surface area contributed by atoms with Crippen LogP contribution in [0.15, 0.2) is 35.8 Å². The van der Waals surface area contributed by atoms with Gasteiger partial charge in [-0.3, -0.25) is 4.79 Å². The summed E-state index contributed by atoms with van der Waals surface area (Å²) in [6.07, 6.45) is 0.220. The maximum atomic E-state index is 11.1. The molecule has 0 spiro atoms. The van der Waals surface area contributed by atoms with E-state index in [4.69, 9.17) is 14.4 Å². The number of benzene rings is 1. The van der Waals surface area contributed by atoms with Crippen LogP contribution in [-0.2, 0) is 25.7 Å². The largest absolute Gasteiger partial charge is 0.455 e. The van der Waals surface area contributed by atoms with Crippen LogP contribution in [0.5, 0.6) is 5.75 Å². The van der Waals surface area contributed by atoms with Gasteiger partial charge in [0.15, 0.2) is 17.6 Å². The highest BCUT2D eigenvalue weighted by molar-refractivity contribution is 5.67. The van der Waals surface area contributed by atoms with Gasteiger partial charge in [0.2, 0.25) is 0 Å². The van der Waals surface area contributed by atoms with Crippen molar-refractivity contribution in [1.82, 2.24) is 0 Å². The number of fused-ring (bicyclic) bond motifs is 1. The molecule has 1 aromatic rings. The number of carbonyl (C=O) groups excluding carboxylic acids is 1. The van der Waals surface area contributed by atoms with Crippen LogP contribution in [0.1, 0.15) is 12.5 Å². The summed E-state index contributed by atoms with van der Waals surface area (Å²) in [7, 11) is 0. The first-order chi connectivity index (χ1) is 8.74. The average Bonchev–Trinajstić information content (AvgIpc) is 2.26. The first-order valence-electron chi connectivity index (χ1n) is 5.69. The molecule has 94 valence electrons. The zero-order valence-electron chi connectivity index (χ0n) is 9.84. The Bertz CT molecular complexity index is 516. The van der Waals surface area contributed by atoms with E-state index in [1.54, 1.807) is 0 Å². The third kappa shape index (κ3) is 1.98. The van der Waals surface area contributed by atoms with Gasteiger partial charge >= 0.3 is 5.97 Å². The summed E-state index contributed by atoms with van der Waals surface area (Å²) in [5.41, 5.74) is 0.984. The third-order valence-corrected chi connectivity index (χ3v) is 2.78. The first kappa shape index (κ1) is 11.3. The molecule has 1 aromatic carbocycles. The van der Waals surface area contributed by atoms with Crippen molar-refractivity contribution in [2.75, 3.05) is 6.61 Å². The second kappa shape index (κ2) is 4.44. The number of allylic oxidation sites excluding steroid dienone is 1. The minimum absolute atomic E-state index is 0.298. The molecular weight excluding hydrogens is 236 g/mol. The second-order valence-corrected chi connectivity index (χ2v) is 4.14. The predicted molar refractivity (Wildman–Crippen MR) is 60.4 cm³/mol. The number of esters is 1. The molecule has 0 radical (unpaired) electrons. The van der Waals surface area contributed by atoms with Crippen molar-refractivity contribution < 1.29 is 24.0 Å². The van der Waals surface area contributed by atoms with E-state index in [9.17, 15) is 4.79 Å². The molecule has 0 aromatic heterocycles. The minimum Gasteiger partial charge on any atom is -0.455 e. The lowest BCUT2D eigenvalue weighted by molar-refractivity contribution is -0.418. The summed E-state index contributed by atoms with van der Waals surface area (Å²) in [6.45, 7) is 1.77. The van der Waals surface area contributed by atoms with Gasteiger partial charge in [-0.25, -0.2) is 9.78 Å². The van der Waals surface area contributed by atoms with Gasteiger partial charge in [-0.2, -0.15) is 0 Å². The van der Waals surface area contributed by atoms with E-state index in [0.717, 1.165) is 11.3 Å². The summed E-state index contributed by atoms with van der Waals surface area (Å²) in [5, 5.41) is 0. The van der Waals surface area contributed by atoms with E-state index in [1.807, 2.05) is 24.3 Å². The predicted octanol–water partition coefficient (Wildman–Crippen LogP) is 1.73. The van der Waals surface area contributed by atoms with E-state index in [-0.39, 0.29) is 12.1 Å². The molecule has 1 saturated heterocycles. The van der Waals surface area contributed by atoms with E-state index in [1.165, 1.54) is 6.92 Å². The Labute approximate surface area is 104 Å². The number of hydrogen-bond acceptors (Lipinski definition) is 5. The molecule has 1 unspecified atom stereocenters. The molecule has 2 heterocycles. The molecule has 2 aliphatic rings. The van der Waals surface area contributed by atoms with Crippen molar-refractivity contribution in [2.24, 2.45) is 0 Å². The molecule has 0 aliphatic carbocycles. The Balaban J connectivity index is 1.93. The van der Waals surface area contributed by atoms with Crippen LogP contribution in [-0.4, -0.2) is 18.7 Å². The molecule has 0 saturated carbocycles. The van der Waals surface area contributed by atoms with Crippen LogP contribution in [0.4, 0.5) is 0 Å². The molecule has 0 amide bonds. The number of para-hydroxylation sites is 1. The van der Waals surface area contributed by atoms with Crippen molar-refractivity contribution in [3.63, 3.8) is 0 Å². The zero-order chi connectivity index (χ0) is 12.5. The van der Waals surface area contributed by atoms with Crippen molar-refractivity contribution in [3.05, 3.63) is 41.3 Å². The molecule has 1 fully saturated rings. The molecule has 2 aliphatic heterocycles. The van der Waals surface area contributed by atoms with Gasteiger partial charge in [-0.15, -0.1) is 0 Å². The van der Waals surface area contributed by atoms with Crippen LogP contribution in [0.3, 0.4) is 0 Å². The van der Waals surface area contributed by atoms with Crippen LogP contribution in [0.2, 0.25) is 0 Å². The topological polar surface area (TPSA) is 54.0 Å². The highest BCUT2D eigenvalue weighted by Crippen LogP contribution is 2.34. The second-order valence-electron chi connectivity index (χ2n) is 4.14. The zero-order valence-corrected chi connectivity index (χ0v) is 9.84. The Morgan fingerprint density at radius 1 is 1.39 bits per heavy atom. The van der Waals surface area contributed by atoms with Gasteiger partial charge in [-0.1, -0.05) is 18.2 Å². The van der Waals surface area contributed by atoms with Crippen molar-refractivity contribution >= 4 is 5.97 Å². The quantitative estimate of drug-likeness (QED) is 0.589. The fraction of sp³-hybridized carbons (Fsp3) is 0.308. The number of rotatable bonds is 2. The Morgan fingerprint density at radius 2 is 2.17 bits per heavy atom. The molecular formula is C13H12O5. The highest BCUT2D eigenvalue weighted by Gasteiger charge is 2.34. The maximum absolute atomic E-state index is 11.1. The van der Waals surface area contributed by atoms with Crippen LogP contribution < -0.4 is 4.74 Å². The molecule has 3 rings (SSSR count). The lowest BCUT2D eigenvalue weighted by Crippen LogP contribution is -2.37. The van der Waals surface area contributed by atoms with E-state index < -0.39 is 0 Å². The van der Waals surface area contributed by atoms with Crippen LogP contribution >= 0.6 is 0 Å². The minimum atomic E-state index is -0.370. The lowest BCUT2D eigenvalue weighted by Gasteiger charge is -2.31. The normalized spacial score (nSPS) is 21.7. The smallest absolute Gasteiger partial charge is 0.307 e. The summed E-state index contributed by atoms with van der Waals surface area (Å²) >= 11 is 0. The van der Waals surface area contributed by atoms with E-state index in [2.05, 4.69) is 4.89 Å². The van der Waals surface area contributed by atoms with Crippen molar-refractivity contribution in [3.8, 4) is 5.75 Å². The molecule has 5 nitrogen and oxygen atoms in total. The standard InChI is InChI=1S/C13H12O5/c1-8(14)16-11-6-9-4-2-3-5-10(9)17-13(11)12-7-15-18-12/h2-5,12H,6-7H2,1H3. The third-order valence-electron chi connectivity index (χ3n) is 2.78. The van der Waals surface area contributed by atoms with Gasteiger partial charge in [-0.05, 0) is 6.07 Å². The van der Waals surface area contributed by atoms with E-state index in [0.29, 0.717) is 24.5 Å². The molecule has 5 heteroatoms. The summed E-state index contributed by atoms with van der Waals surface area (Å²) in [5.74, 6) is 1.41. The van der Waals surface area contributed by atoms with Gasteiger partial charge in [0.1, 0.15) is 12.4 Å².